The monoisotopic (exact) mass is 445 g/mol. The minimum atomic E-state index is -0.220. The van der Waals surface area contributed by atoms with E-state index >= 15 is 0 Å². The highest BCUT2D eigenvalue weighted by atomic mass is 127. The number of rotatable bonds is 7. The summed E-state index contributed by atoms with van der Waals surface area (Å²) in [5, 5.41) is 13.4. The molecule has 1 aromatic carbocycles. The van der Waals surface area contributed by atoms with E-state index in [0.717, 1.165) is 31.6 Å². The van der Waals surface area contributed by atoms with Gasteiger partial charge in [-0.25, -0.2) is 9.38 Å². The van der Waals surface area contributed by atoms with E-state index in [1.54, 1.807) is 12.1 Å². The topological polar surface area (TPSA) is 65.1 Å². The van der Waals surface area contributed by atoms with Gasteiger partial charge in [-0.15, -0.1) is 24.0 Å². The molecule has 0 unspecified atom stereocenters. The third-order valence-corrected chi connectivity index (χ3v) is 3.56. The van der Waals surface area contributed by atoms with Crippen LogP contribution in [0.15, 0.2) is 35.5 Å². The van der Waals surface area contributed by atoms with Gasteiger partial charge in [-0.2, -0.15) is 5.10 Å². The second-order valence-corrected chi connectivity index (χ2v) is 5.34. The molecule has 0 aliphatic heterocycles. The first-order valence-electron chi connectivity index (χ1n) is 7.95. The molecule has 0 aliphatic rings. The van der Waals surface area contributed by atoms with Gasteiger partial charge in [0, 0.05) is 24.3 Å². The van der Waals surface area contributed by atoms with Gasteiger partial charge in [-0.05, 0) is 38.3 Å². The Balaban J connectivity index is 0.00000288. The van der Waals surface area contributed by atoms with Gasteiger partial charge in [0.25, 0.3) is 0 Å². The molecule has 2 aromatic rings. The second-order valence-electron chi connectivity index (χ2n) is 5.34. The number of aromatic nitrogens is 2. The first kappa shape index (κ1) is 20.4. The van der Waals surface area contributed by atoms with Crippen molar-refractivity contribution in [1.82, 2.24) is 20.8 Å². The molecule has 0 saturated carbocycles. The Hall–Kier alpha value is -1.64. The Morgan fingerprint density at radius 2 is 2.04 bits per heavy atom. The molecule has 2 rings (SSSR count). The molecule has 7 heteroatoms. The Bertz CT molecular complexity index is 641. The van der Waals surface area contributed by atoms with Crippen molar-refractivity contribution in [3.63, 3.8) is 0 Å². The number of benzene rings is 1. The molecule has 0 saturated heterocycles. The summed E-state index contributed by atoms with van der Waals surface area (Å²) >= 11 is 0. The predicted octanol–water partition coefficient (Wildman–Crippen LogP) is 3.16. The molecule has 0 fully saturated rings. The number of H-pyrrole nitrogens is 1. The molecule has 5 nitrogen and oxygen atoms in total. The quantitative estimate of drug-likeness (QED) is 0.266. The van der Waals surface area contributed by atoms with Crippen molar-refractivity contribution in [2.24, 2.45) is 4.99 Å². The van der Waals surface area contributed by atoms with Gasteiger partial charge in [0.2, 0.25) is 0 Å². The summed E-state index contributed by atoms with van der Waals surface area (Å²) in [6, 6.07) is 6.72. The van der Waals surface area contributed by atoms with Crippen molar-refractivity contribution in [1.29, 1.82) is 0 Å². The lowest BCUT2D eigenvalue weighted by molar-refractivity contribution is 0.610. The van der Waals surface area contributed by atoms with Crippen LogP contribution in [0.5, 0.6) is 0 Å². The van der Waals surface area contributed by atoms with Crippen molar-refractivity contribution in [3.05, 3.63) is 53.1 Å². The van der Waals surface area contributed by atoms with Gasteiger partial charge >= 0.3 is 0 Å². The summed E-state index contributed by atoms with van der Waals surface area (Å²) in [6.07, 6.45) is 3.80. The largest absolute Gasteiger partial charge is 0.357 e. The predicted molar refractivity (Wildman–Crippen MR) is 106 cm³/mol. The highest BCUT2D eigenvalue weighted by Crippen LogP contribution is 2.07. The SMILES string of the molecule is CCNC(=NCc1ccccc1F)NCCCc1cn[nH]c1C.I. The molecule has 0 amide bonds. The maximum Gasteiger partial charge on any atom is 0.191 e. The number of aliphatic imine (C=N–C) groups is 1. The van der Waals surface area contributed by atoms with Gasteiger partial charge in [-0.1, -0.05) is 18.2 Å². The number of aromatic amines is 1. The highest BCUT2D eigenvalue weighted by molar-refractivity contribution is 14.0. The fraction of sp³-hybridized carbons (Fsp3) is 0.412. The lowest BCUT2D eigenvalue weighted by atomic mass is 10.1. The van der Waals surface area contributed by atoms with E-state index in [-0.39, 0.29) is 29.8 Å². The van der Waals surface area contributed by atoms with Crippen LogP contribution < -0.4 is 10.6 Å². The number of hydrogen-bond acceptors (Lipinski definition) is 2. The maximum absolute atomic E-state index is 13.6. The van der Waals surface area contributed by atoms with Crippen LogP contribution in [0.4, 0.5) is 4.39 Å². The van der Waals surface area contributed by atoms with E-state index in [4.69, 9.17) is 0 Å². The molecule has 3 N–H and O–H groups in total. The highest BCUT2D eigenvalue weighted by Gasteiger charge is 2.03. The van der Waals surface area contributed by atoms with Crippen LogP contribution in [-0.2, 0) is 13.0 Å². The first-order chi connectivity index (χ1) is 11.2. The fourth-order valence-corrected chi connectivity index (χ4v) is 2.25. The number of aryl methyl sites for hydroxylation is 2. The van der Waals surface area contributed by atoms with Gasteiger partial charge in [0.15, 0.2) is 5.96 Å². The first-order valence-corrected chi connectivity index (χ1v) is 7.95. The third-order valence-electron chi connectivity index (χ3n) is 3.56. The Morgan fingerprint density at radius 1 is 1.25 bits per heavy atom. The molecule has 24 heavy (non-hydrogen) atoms. The van der Waals surface area contributed by atoms with Crippen LogP contribution in [0.3, 0.4) is 0 Å². The average molecular weight is 445 g/mol. The van der Waals surface area contributed by atoms with Crippen molar-refractivity contribution < 1.29 is 4.39 Å². The van der Waals surface area contributed by atoms with Crippen LogP contribution in [0.25, 0.3) is 0 Å². The van der Waals surface area contributed by atoms with Crippen molar-refractivity contribution in [2.45, 2.75) is 33.2 Å². The van der Waals surface area contributed by atoms with Crippen LogP contribution in [0.1, 0.15) is 30.2 Å². The van der Waals surface area contributed by atoms with Gasteiger partial charge in [-0.3, -0.25) is 5.10 Å². The van der Waals surface area contributed by atoms with Crippen LogP contribution >= 0.6 is 24.0 Å². The number of nitrogens with zero attached hydrogens (tertiary/aromatic N) is 2. The summed E-state index contributed by atoms with van der Waals surface area (Å²) in [6.45, 7) is 5.92. The lowest BCUT2D eigenvalue weighted by Crippen LogP contribution is -2.37. The molecule has 0 aliphatic carbocycles. The smallest absolute Gasteiger partial charge is 0.191 e. The van der Waals surface area contributed by atoms with E-state index in [2.05, 4.69) is 25.8 Å². The van der Waals surface area contributed by atoms with E-state index in [9.17, 15) is 4.39 Å². The molecule has 1 aromatic heterocycles. The fourth-order valence-electron chi connectivity index (χ4n) is 2.25. The van der Waals surface area contributed by atoms with Crippen LogP contribution in [0, 0.1) is 12.7 Å². The van der Waals surface area contributed by atoms with Gasteiger partial charge in [0.1, 0.15) is 5.82 Å². The van der Waals surface area contributed by atoms with E-state index in [1.165, 1.54) is 11.6 Å². The van der Waals surface area contributed by atoms with E-state index < -0.39 is 0 Å². The van der Waals surface area contributed by atoms with Crippen LogP contribution in [-0.4, -0.2) is 29.2 Å². The summed E-state index contributed by atoms with van der Waals surface area (Å²) in [4.78, 5) is 4.43. The molecular weight excluding hydrogens is 420 g/mol. The van der Waals surface area contributed by atoms with Gasteiger partial charge < -0.3 is 10.6 Å². The minimum absolute atomic E-state index is 0. The molecule has 0 bridgehead atoms. The summed E-state index contributed by atoms with van der Waals surface area (Å²) < 4.78 is 13.6. The minimum Gasteiger partial charge on any atom is -0.357 e. The van der Waals surface area contributed by atoms with Crippen molar-refractivity contribution >= 4 is 29.9 Å². The Kier molecular flexibility index (Phi) is 9.36. The number of guanidine groups is 1. The average Bonchev–Trinajstić information content (AvgIpc) is 2.95. The van der Waals surface area contributed by atoms with Crippen LogP contribution in [0.2, 0.25) is 0 Å². The molecule has 0 atom stereocenters. The van der Waals surface area contributed by atoms with Crippen molar-refractivity contribution in [2.75, 3.05) is 13.1 Å². The molecule has 0 spiro atoms. The summed E-state index contributed by atoms with van der Waals surface area (Å²) in [5.41, 5.74) is 2.95. The summed E-state index contributed by atoms with van der Waals surface area (Å²) in [5.74, 6) is 0.488. The molecule has 0 radical (unpaired) electrons. The standard InChI is InChI=1S/C17H24FN5.HI/c1-3-19-17(21-11-15-7-4-5-9-16(15)18)20-10-6-8-14-12-22-23-13(14)2;/h4-5,7,9,12H,3,6,8,10-11H2,1-2H3,(H,22,23)(H2,19,20,21);1H. The number of hydrogen-bond donors (Lipinski definition) is 3. The number of halogens is 2. The zero-order valence-corrected chi connectivity index (χ0v) is 16.4. The molecular formula is C17H25FIN5. The normalized spacial score (nSPS) is 11.0. The summed E-state index contributed by atoms with van der Waals surface area (Å²) in [7, 11) is 0. The van der Waals surface area contributed by atoms with Gasteiger partial charge in [0.05, 0.1) is 12.7 Å². The van der Waals surface area contributed by atoms with E-state index in [1.807, 2.05) is 26.1 Å². The zero-order chi connectivity index (χ0) is 16.5. The molecule has 1 heterocycles. The maximum atomic E-state index is 13.6. The Labute approximate surface area is 159 Å². The van der Waals surface area contributed by atoms with Crippen molar-refractivity contribution in [3.8, 4) is 0 Å². The third kappa shape index (κ3) is 6.46. The van der Waals surface area contributed by atoms with E-state index in [0.29, 0.717) is 18.1 Å². The Morgan fingerprint density at radius 3 is 2.71 bits per heavy atom. The zero-order valence-electron chi connectivity index (χ0n) is 14.1. The number of nitrogens with one attached hydrogen (secondary N) is 3. The second kappa shape index (κ2) is 11.0. The molecule has 132 valence electrons. The lowest BCUT2D eigenvalue weighted by Gasteiger charge is -2.11.